The van der Waals surface area contributed by atoms with Crippen molar-refractivity contribution in [2.45, 2.75) is 30.2 Å². The molecule has 1 aliphatic rings. The van der Waals surface area contributed by atoms with Gasteiger partial charge in [-0.1, -0.05) is 6.42 Å². The number of hydrogen-bond donors (Lipinski definition) is 1. The Morgan fingerprint density at radius 1 is 1.26 bits per heavy atom. The van der Waals surface area contributed by atoms with Gasteiger partial charge in [0, 0.05) is 19.1 Å². The summed E-state index contributed by atoms with van der Waals surface area (Å²) in [4.78, 5) is -0.230. The lowest BCUT2D eigenvalue weighted by Crippen LogP contribution is -2.47. The summed E-state index contributed by atoms with van der Waals surface area (Å²) in [6.45, 7) is 0.589. The molecule has 0 aromatic heterocycles. The Bertz CT molecular complexity index is 563. The van der Waals surface area contributed by atoms with Crippen molar-refractivity contribution in [3.05, 3.63) is 29.8 Å². The molecule has 1 aliphatic heterocycles. The predicted molar refractivity (Wildman–Crippen MR) is 66.9 cm³/mol. The molecule has 0 aliphatic carbocycles. The highest BCUT2D eigenvalue weighted by atomic mass is 32.2. The molecule has 0 amide bonds. The summed E-state index contributed by atoms with van der Waals surface area (Å²) in [5.74, 6) is -2.23. The summed E-state index contributed by atoms with van der Waals surface area (Å²) in [5, 5.41) is 0. The summed E-state index contributed by atoms with van der Waals surface area (Å²) >= 11 is 0. The molecule has 1 aromatic carbocycles. The van der Waals surface area contributed by atoms with Gasteiger partial charge in [-0.05, 0) is 31.0 Å². The Hall–Kier alpha value is -1.05. The van der Waals surface area contributed by atoms with E-state index in [-0.39, 0.29) is 17.5 Å². The molecule has 1 heterocycles. The molecule has 2 rings (SSSR count). The van der Waals surface area contributed by atoms with Gasteiger partial charge in [0.2, 0.25) is 10.0 Å². The highest BCUT2D eigenvalue weighted by Gasteiger charge is 2.33. The van der Waals surface area contributed by atoms with E-state index in [2.05, 4.69) is 0 Å². The summed E-state index contributed by atoms with van der Waals surface area (Å²) in [6.07, 6.45) is 2.37. The molecule has 106 valence electrons. The first kappa shape index (κ1) is 14.4. The van der Waals surface area contributed by atoms with Crippen LogP contribution in [0.3, 0.4) is 0 Å². The first-order chi connectivity index (χ1) is 8.96. The van der Waals surface area contributed by atoms with Crippen molar-refractivity contribution in [1.82, 2.24) is 4.31 Å². The van der Waals surface area contributed by atoms with Crippen molar-refractivity contribution >= 4 is 10.0 Å². The largest absolute Gasteiger partial charge is 0.329 e. The van der Waals surface area contributed by atoms with Crippen LogP contribution in [0.4, 0.5) is 8.78 Å². The molecule has 2 N–H and O–H groups in total. The van der Waals surface area contributed by atoms with E-state index in [4.69, 9.17) is 5.73 Å². The quantitative estimate of drug-likeness (QED) is 0.917. The van der Waals surface area contributed by atoms with Gasteiger partial charge in [-0.15, -0.1) is 0 Å². The molecule has 0 saturated carbocycles. The molecule has 1 saturated heterocycles. The number of rotatable bonds is 3. The first-order valence-corrected chi connectivity index (χ1v) is 7.58. The molecule has 7 heteroatoms. The monoisotopic (exact) mass is 290 g/mol. The lowest BCUT2D eigenvalue weighted by atomic mass is 10.1. The molecule has 1 aromatic rings. The molecule has 0 bridgehead atoms. The molecule has 4 nitrogen and oxygen atoms in total. The Labute approximate surface area is 111 Å². The van der Waals surface area contributed by atoms with Crippen LogP contribution in [0.25, 0.3) is 0 Å². The zero-order valence-corrected chi connectivity index (χ0v) is 11.2. The number of nitrogens with zero attached hydrogens (tertiary/aromatic N) is 1. The fourth-order valence-electron chi connectivity index (χ4n) is 2.30. The van der Waals surface area contributed by atoms with E-state index < -0.39 is 21.7 Å². The van der Waals surface area contributed by atoms with E-state index in [9.17, 15) is 17.2 Å². The van der Waals surface area contributed by atoms with Gasteiger partial charge in [-0.2, -0.15) is 4.31 Å². The number of sulfonamides is 1. The van der Waals surface area contributed by atoms with Crippen molar-refractivity contribution in [1.29, 1.82) is 0 Å². The minimum absolute atomic E-state index is 0.225. The number of benzene rings is 1. The van der Waals surface area contributed by atoms with Crippen LogP contribution in [-0.4, -0.2) is 31.9 Å². The zero-order chi connectivity index (χ0) is 14.0. The molecular weight excluding hydrogens is 274 g/mol. The van der Waals surface area contributed by atoms with Gasteiger partial charge in [-0.3, -0.25) is 0 Å². The second-order valence-corrected chi connectivity index (χ2v) is 6.47. The van der Waals surface area contributed by atoms with Crippen LogP contribution in [0.5, 0.6) is 0 Å². The van der Waals surface area contributed by atoms with E-state index in [1.807, 2.05) is 0 Å². The van der Waals surface area contributed by atoms with E-state index in [1.54, 1.807) is 0 Å². The number of nitrogens with two attached hydrogens (primary N) is 1. The Kier molecular flexibility index (Phi) is 4.17. The van der Waals surface area contributed by atoms with Gasteiger partial charge >= 0.3 is 0 Å². The SMILES string of the molecule is NCC1CCCCN1S(=O)(=O)c1ccc(F)c(F)c1. The molecular formula is C12H16F2N2O2S. The molecule has 0 spiro atoms. The second kappa shape index (κ2) is 5.52. The van der Waals surface area contributed by atoms with Gasteiger partial charge < -0.3 is 5.73 Å². The van der Waals surface area contributed by atoms with Gasteiger partial charge in [-0.25, -0.2) is 17.2 Å². The topological polar surface area (TPSA) is 63.4 Å². The Balaban J connectivity index is 2.37. The summed E-state index contributed by atoms with van der Waals surface area (Å²) < 4.78 is 52.1. The van der Waals surface area contributed by atoms with E-state index in [0.29, 0.717) is 19.0 Å². The molecule has 1 atom stereocenters. The fraction of sp³-hybridized carbons (Fsp3) is 0.500. The van der Waals surface area contributed by atoms with Crippen LogP contribution in [0.1, 0.15) is 19.3 Å². The maximum atomic E-state index is 13.2. The van der Waals surface area contributed by atoms with E-state index in [0.717, 1.165) is 25.0 Å². The summed E-state index contributed by atoms with van der Waals surface area (Å²) in [5.41, 5.74) is 5.58. The molecule has 0 radical (unpaired) electrons. The minimum atomic E-state index is -3.82. The van der Waals surface area contributed by atoms with Crippen molar-refractivity contribution in [2.24, 2.45) is 5.73 Å². The van der Waals surface area contributed by atoms with Crippen LogP contribution in [0, 0.1) is 11.6 Å². The van der Waals surface area contributed by atoms with Crippen molar-refractivity contribution in [3.63, 3.8) is 0 Å². The Morgan fingerprint density at radius 3 is 2.63 bits per heavy atom. The molecule has 19 heavy (non-hydrogen) atoms. The van der Waals surface area contributed by atoms with Gasteiger partial charge in [0.1, 0.15) is 0 Å². The first-order valence-electron chi connectivity index (χ1n) is 6.14. The summed E-state index contributed by atoms with van der Waals surface area (Å²) in [6, 6.07) is 2.35. The predicted octanol–water partition coefficient (Wildman–Crippen LogP) is 1.47. The summed E-state index contributed by atoms with van der Waals surface area (Å²) in [7, 11) is -3.82. The maximum absolute atomic E-state index is 13.2. The number of hydrogen-bond acceptors (Lipinski definition) is 3. The average Bonchev–Trinajstić information content (AvgIpc) is 2.41. The molecule has 1 fully saturated rings. The van der Waals surface area contributed by atoms with Gasteiger partial charge in [0.15, 0.2) is 11.6 Å². The lowest BCUT2D eigenvalue weighted by Gasteiger charge is -2.33. The van der Waals surface area contributed by atoms with Crippen LogP contribution in [-0.2, 0) is 10.0 Å². The Morgan fingerprint density at radius 2 is 2.00 bits per heavy atom. The number of halogens is 2. The highest BCUT2D eigenvalue weighted by molar-refractivity contribution is 7.89. The van der Waals surface area contributed by atoms with E-state index in [1.165, 1.54) is 4.31 Å². The van der Waals surface area contributed by atoms with Crippen LogP contribution < -0.4 is 5.73 Å². The van der Waals surface area contributed by atoms with Crippen molar-refractivity contribution in [2.75, 3.05) is 13.1 Å². The standard InChI is InChI=1S/C12H16F2N2O2S/c13-11-5-4-10(7-12(11)14)19(17,18)16-6-2-1-3-9(16)8-15/h4-5,7,9H,1-3,6,8,15H2. The minimum Gasteiger partial charge on any atom is -0.329 e. The van der Waals surface area contributed by atoms with Crippen molar-refractivity contribution < 1.29 is 17.2 Å². The maximum Gasteiger partial charge on any atom is 0.243 e. The van der Waals surface area contributed by atoms with Gasteiger partial charge in [0.05, 0.1) is 4.90 Å². The smallest absolute Gasteiger partial charge is 0.243 e. The van der Waals surface area contributed by atoms with Crippen LogP contribution in [0.15, 0.2) is 23.1 Å². The normalized spacial score (nSPS) is 21.5. The van der Waals surface area contributed by atoms with Crippen molar-refractivity contribution in [3.8, 4) is 0 Å². The molecule has 1 unspecified atom stereocenters. The van der Waals surface area contributed by atoms with E-state index >= 15 is 0 Å². The van der Waals surface area contributed by atoms with Crippen LogP contribution in [0.2, 0.25) is 0 Å². The lowest BCUT2D eigenvalue weighted by molar-refractivity contribution is 0.257. The second-order valence-electron chi connectivity index (χ2n) is 4.58. The average molecular weight is 290 g/mol. The third-order valence-electron chi connectivity index (χ3n) is 3.34. The zero-order valence-electron chi connectivity index (χ0n) is 10.4. The highest BCUT2D eigenvalue weighted by Crippen LogP contribution is 2.25. The number of piperidine rings is 1. The van der Waals surface area contributed by atoms with Gasteiger partial charge in [0.25, 0.3) is 0 Å². The third kappa shape index (κ3) is 2.77. The third-order valence-corrected chi connectivity index (χ3v) is 5.29. The van der Waals surface area contributed by atoms with Crippen LogP contribution >= 0.6 is 0 Å². The fourth-order valence-corrected chi connectivity index (χ4v) is 4.02.